The van der Waals surface area contributed by atoms with Crippen LogP contribution in [0.5, 0.6) is 0 Å². The van der Waals surface area contributed by atoms with Gasteiger partial charge in [-0.2, -0.15) is 0 Å². The lowest BCUT2D eigenvalue weighted by Crippen LogP contribution is -2.52. The molecule has 1 heterocycles. The second-order valence-electron chi connectivity index (χ2n) is 6.90. The van der Waals surface area contributed by atoms with Crippen LogP contribution in [0.1, 0.15) is 47.0 Å². The van der Waals surface area contributed by atoms with Gasteiger partial charge in [0.05, 0.1) is 12.6 Å². The average molecular weight is 470 g/mol. The maximum absolute atomic E-state index is 12.4. The molecule has 2 N–H and O–H groups in total. The van der Waals surface area contributed by atoms with Gasteiger partial charge in [-0.05, 0) is 47.0 Å². The van der Waals surface area contributed by atoms with Crippen LogP contribution in [0.3, 0.4) is 0 Å². The second kappa shape index (κ2) is 12.6. The molecule has 0 bridgehead atoms. The van der Waals surface area contributed by atoms with Gasteiger partial charge in [0.1, 0.15) is 5.60 Å². The van der Waals surface area contributed by atoms with Crippen molar-refractivity contribution in [2.75, 3.05) is 39.9 Å². The zero-order valence-corrected chi connectivity index (χ0v) is 18.6. The van der Waals surface area contributed by atoms with Gasteiger partial charge < -0.3 is 25.0 Å². The molecule has 1 amide bonds. The Morgan fingerprint density at radius 3 is 2.60 bits per heavy atom. The molecule has 0 saturated carbocycles. The first-order valence-electron chi connectivity index (χ1n) is 8.89. The Hall–Kier alpha value is -0.770. The molecule has 1 unspecified atom stereocenters. The topological polar surface area (TPSA) is 75.2 Å². The first-order chi connectivity index (χ1) is 11.4. The normalized spacial score (nSPS) is 18.4. The average Bonchev–Trinajstić information content (AvgIpc) is 2.53. The van der Waals surface area contributed by atoms with E-state index >= 15 is 0 Å². The zero-order valence-electron chi connectivity index (χ0n) is 16.3. The Balaban J connectivity index is 0.00000576. The number of ether oxygens (including phenoxy) is 2. The number of rotatable bonds is 6. The molecule has 25 heavy (non-hydrogen) atoms. The Morgan fingerprint density at radius 2 is 2.00 bits per heavy atom. The van der Waals surface area contributed by atoms with Crippen molar-refractivity contribution in [3.05, 3.63) is 0 Å². The van der Waals surface area contributed by atoms with Gasteiger partial charge >= 0.3 is 6.09 Å². The highest BCUT2D eigenvalue weighted by atomic mass is 127. The van der Waals surface area contributed by atoms with E-state index in [9.17, 15) is 4.79 Å². The van der Waals surface area contributed by atoms with E-state index in [1.54, 1.807) is 7.05 Å². The van der Waals surface area contributed by atoms with E-state index < -0.39 is 5.60 Å². The molecule has 7 nitrogen and oxygen atoms in total. The fourth-order valence-electron chi connectivity index (χ4n) is 2.59. The van der Waals surface area contributed by atoms with Gasteiger partial charge in [0.2, 0.25) is 0 Å². The maximum atomic E-state index is 12.4. The zero-order chi connectivity index (χ0) is 18.0. The van der Waals surface area contributed by atoms with Crippen LogP contribution < -0.4 is 10.6 Å². The summed E-state index contributed by atoms with van der Waals surface area (Å²) < 4.78 is 10.8. The Labute approximate surface area is 169 Å². The lowest BCUT2D eigenvalue weighted by molar-refractivity contribution is 0.0104. The van der Waals surface area contributed by atoms with Crippen LogP contribution in [0.2, 0.25) is 0 Å². The second-order valence-corrected chi connectivity index (χ2v) is 6.90. The summed E-state index contributed by atoms with van der Waals surface area (Å²) in [6.45, 7) is 11.1. The summed E-state index contributed by atoms with van der Waals surface area (Å²) in [7, 11) is 1.74. The van der Waals surface area contributed by atoms with Crippen molar-refractivity contribution in [1.82, 2.24) is 15.5 Å². The van der Waals surface area contributed by atoms with Crippen LogP contribution in [0.15, 0.2) is 4.99 Å². The van der Waals surface area contributed by atoms with Crippen molar-refractivity contribution in [3.8, 4) is 0 Å². The number of amides is 1. The summed E-state index contributed by atoms with van der Waals surface area (Å²) in [6, 6.07) is 0.124. The molecule has 1 aliphatic rings. The predicted octanol–water partition coefficient (Wildman–Crippen LogP) is 2.60. The van der Waals surface area contributed by atoms with Gasteiger partial charge in [0, 0.05) is 33.3 Å². The van der Waals surface area contributed by atoms with Crippen LogP contribution in [-0.4, -0.2) is 68.5 Å². The summed E-state index contributed by atoms with van der Waals surface area (Å²) in [5, 5.41) is 6.50. The van der Waals surface area contributed by atoms with Crippen molar-refractivity contribution >= 4 is 36.0 Å². The van der Waals surface area contributed by atoms with Gasteiger partial charge in [-0.1, -0.05) is 0 Å². The maximum Gasteiger partial charge on any atom is 0.410 e. The lowest BCUT2D eigenvalue weighted by atomic mass is 10.0. The number of halogens is 1. The largest absolute Gasteiger partial charge is 0.444 e. The molecule has 0 radical (unpaired) electrons. The number of hydrogen-bond donors (Lipinski definition) is 2. The smallest absolute Gasteiger partial charge is 0.410 e. The first-order valence-corrected chi connectivity index (χ1v) is 8.89. The fraction of sp³-hybridized carbons (Fsp3) is 0.882. The molecular weight excluding hydrogens is 435 g/mol. The molecular formula is C17H35IN4O3. The van der Waals surface area contributed by atoms with Gasteiger partial charge in [-0.15, -0.1) is 24.0 Å². The number of guanidine groups is 1. The van der Waals surface area contributed by atoms with Gasteiger partial charge in [0.25, 0.3) is 0 Å². The number of nitrogens with one attached hydrogen (secondary N) is 2. The Kier molecular flexibility index (Phi) is 12.2. The molecule has 1 saturated heterocycles. The molecule has 1 atom stereocenters. The molecule has 0 spiro atoms. The van der Waals surface area contributed by atoms with Crippen molar-refractivity contribution in [3.63, 3.8) is 0 Å². The monoisotopic (exact) mass is 470 g/mol. The SMILES string of the molecule is CCOCCNC(=NC)NCC1CCCCN1C(=O)OC(C)(C)C.I. The molecule has 0 aliphatic carbocycles. The summed E-state index contributed by atoms with van der Waals surface area (Å²) in [6.07, 6.45) is 2.90. The lowest BCUT2D eigenvalue weighted by Gasteiger charge is -2.37. The summed E-state index contributed by atoms with van der Waals surface area (Å²) in [5.41, 5.74) is -0.469. The van der Waals surface area contributed by atoms with Crippen LogP contribution in [0, 0.1) is 0 Å². The van der Waals surface area contributed by atoms with Crippen molar-refractivity contribution in [1.29, 1.82) is 0 Å². The molecule has 1 rings (SSSR count). The van der Waals surface area contributed by atoms with E-state index in [-0.39, 0.29) is 36.1 Å². The highest BCUT2D eigenvalue weighted by Gasteiger charge is 2.30. The highest BCUT2D eigenvalue weighted by molar-refractivity contribution is 14.0. The predicted molar refractivity (Wildman–Crippen MR) is 112 cm³/mol. The van der Waals surface area contributed by atoms with E-state index in [2.05, 4.69) is 15.6 Å². The molecule has 1 aliphatic heterocycles. The minimum absolute atomic E-state index is 0. The van der Waals surface area contributed by atoms with Crippen LogP contribution >= 0.6 is 24.0 Å². The molecule has 1 fully saturated rings. The number of aliphatic imine (C=N–C) groups is 1. The fourth-order valence-corrected chi connectivity index (χ4v) is 2.59. The molecule has 0 aromatic carbocycles. The van der Waals surface area contributed by atoms with Gasteiger partial charge in [-0.25, -0.2) is 4.79 Å². The quantitative estimate of drug-likeness (QED) is 0.270. The van der Waals surface area contributed by atoms with Crippen LogP contribution in [0.4, 0.5) is 4.79 Å². The summed E-state index contributed by atoms with van der Waals surface area (Å²) >= 11 is 0. The molecule has 0 aromatic rings. The van der Waals surface area contributed by atoms with Crippen molar-refractivity contribution in [2.24, 2.45) is 4.99 Å². The van der Waals surface area contributed by atoms with E-state index in [0.29, 0.717) is 26.3 Å². The van der Waals surface area contributed by atoms with Gasteiger partial charge in [0.15, 0.2) is 5.96 Å². The Bertz CT molecular complexity index is 413. The third-order valence-electron chi connectivity index (χ3n) is 3.73. The molecule has 148 valence electrons. The van der Waals surface area contributed by atoms with Crippen molar-refractivity contribution in [2.45, 2.75) is 58.6 Å². The number of carbonyl (C=O) groups is 1. The Morgan fingerprint density at radius 1 is 1.28 bits per heavy atom. The third-order valence-corrected chi connectivity index (χ3v) is 3.73. The number of nitrogens with zero attached hydrogens (tertiary/aromatic N) is 2. The van der Waals surface area contributed by atoms with Crippen molar-refractivity contribution < 1.29 is 14.3 Å². The minimum atomic E-state index is -0.469. The molecule has 0 aromatic heterocycles. The first kappa shape index (κ1) is 24.2. The van der Waals surface area contributed by atoms with E-state index in [1.807, 2.05) is 32.6 Å². The van der Waals surface area contributed by atoms with E-state index in [4.69, 9.17) is 9.47 Å². The highest BCUT2D eigenvalue weighted by Crippen LogP contribution is 2.20. The third kappa shape index (κ3) is 10.1. The molecule has 8 heteroatoms. The van der Waals surface area contributed by atoms with Gasteiger partial charge in [-0.3, -0.25) is 4.99 Å². The number of hydrogen-bond acceptors (Lipinski definition) is 4. The number of piperidine rings is 1. The van der Waals surface area contributed by atoms with Crippen LogP contribution in [-0.2, 0) is 9.47 Å². The number of carbonyl (C=O) groups excluding carboxylic acids is 1. The number of likely N-dealkylation sites (tertiary alicyclic amines) is 1. The minimum Gasteiger partial charge on any atom is -0.444 e. The van der Waals surface area contributed by atoms with E-state index in [1.165, 1.54) is 0 Å². The summed E-state index contributed by atoms with van der Waals surface area (Å²) in [5.74, 6) is 0.726. The van der Waals surface area contributed by atoms with Crippen LogP contribution in [0.25, 0.3) is 0 Å². The summed E-state index contributed by atoms with van der Waals surface area (Å²) in [4.78, 5) is 18.4. The van der Waals surface area contributed by atoms with E-state index in [0.717, 1.165) is 31.8 Å². The standard InChI is InChI=1S/C17H34N4O3.HI/c1-6-23-12-10-19-15(18-5)20-13-14-9-7-8-11-21(14)16(22)24-17(2,3)4;/h14H,6-13H2,1-5H3,(H2,18,19,20);1H.